The molecule has 8 heteroatoms. The van der Waals surface area contributed by atoms with Gasteiger partial charge in [0.1, 0.15) is 11.5 Å². The zero-order valence-corrected chi connectivity index (χ0v) is 13.5. The highest BCUT2D eigenvalue weighted by atomic mass is 32.2. The predicted molar refractivity (Wildman–Crippen MR) is 83.5 cm³/mol. The van der Waals surface area contributed by atoms with Crippen molar-refractivity contribution in [1.29, 1.82) is 0 Å². The summed E-state index contributed by atoms with van der Waals surface area (Å²) in [6.45, 7) is 0. The summed E-state index contributed by atoms with van der Waals surface area (Å²) in [7, 11) is 2.98. The minimum atomic E-state index is -1.31. The van der Waals surface area contributed by atoms with Crippen LogP contribution in [-0.4, -0.2) is 44.3 Å². The fraction of sp³-hybridized carbons (Fsp3) is 0.429. The molecular formula is C14H19N2O5S-. The Morgan fingerprint density at radius 1 is 1.32 bits per heavy atom. The van der Waals surface area contributed by atoms with Crippen LogP contribution in [0.5, 0.6) is 11.5 Å². The first-order valence-corrected chi connectivity index (χ1v) is 7.90. The van der Waals surface area contributed by atoms with Gasteiger partial charge in [-0.1, -0.05) is 0 Å². The van der Waals surface area contributed by atoms with Crippen LogP contribution in [0.15, 0.2) is 18.2 Å². The summed E-state index contributed by atoms with van der Waals surface area (Å²) in [5.41, 5.74) is 0.405. The SMILES string of the molecule is COc1ccc(NC(=O)N[C@@H](CCSC)C(=O)[O-])c(OC)c1. The van der Waals surface area contributed by atoms with Gasteiger partial charge in [0, 0.05) is 6.07 Å². The summed E-state index contributed by atoms with van der Waals surface area (Å²) in [4.78, 5) is 22.9. The van der Waals surface area contributed by atoms with Gasteiger partial charge in [-0.3, -0.25) is 0 Å². The molecule has 2 N–H and O–H groups in total. The Bertz CT molecular complexity index is 524. The molecule has 0 aliphatic heterocycles. The van der Waals surface area contributed by atoms with Crippen LogP contribution in [0.1, 0.15) is 6.42 Å². The van der Waals surface area contributed by atoms with Gasteiger partial charge in [-0.05, 0) is 30.6 Å². The molecule has 0 spiro atoms. The number of carboxylic acid groups (broad SMARTS) is 1. The number of aliphatic carboxylic acids is 1. The number of hydrogen-bond donors (Lipinski definition) is 2. The van der Waals surface area contributed by atoms with Crippen molar-refractivity contribution < 1.29 is 24.2 Å². The highest BCUT2D eigenvalue weighted by Crippen LogP contribution is 2.28. The number of hydrogen-bond acceptors (Lipinski definition) is 6. The van der Waals surface area contributed by atoms with Gasteiger partial charge in [0.15, 0.2) is 0 Å². The van der Waals surface area contributed by atoms with Crippen molar-refractivity contribution in [3.8, 4) is 11.5 Å². The summed E-state index contributed by atoms with van der Waals surface area (Å²) in [5, 5.41) is 15.9. The molecule has 7 nitrogen and oxygen atoms in total. The molecule has 2 amide bonds. The molecule has 1 aromatic rings. The first-order chi connectivity index (χ1) is 10.5. The third-order valence-electron chi connectivity index (χ3n) is 2.86. The van der Waals surface area contributed by atoms with Crippen molar-refractivity contribution in [3.05, 3.63) is 18.2 Å². The van der Waals surface area contributed by atoms with E-state index in [1.807, 2.05) is 6.26 Å². The average Bonchev–Trinajstić information content (AvgIpc) is 2.51. The minimum absolute atomic E-state index is 0.288. The van der Waals surface area contributed by atoms with E-state index in [1.54, 1.807) is 18.2 Å². The fourth-order valence-electron chi connectivity index (χ4n) is 1.70. The smallest absolute Gasteiger partial charge is 0.319 e. The average molecular weight is 327 g/mol. The Hall–Kier alpha value is -2.09. The molecule has 0 unspecified atom stereocenters. The number of carbonyl (C=O) groups is 2. The molecule has 0 heterocycles. The summed E-state index contributed by atoms with van der Waals surface area (Å²) < 4.78 is 10.2. The number of nitrogens with one attached hydrogen (secondary N) is 2. The van der Waals surface area contributed by atoms with Gasteiger partial charge in [-0.2, -0.15) is 11.8 Å². The molecule has 0 saturated heterocycles. The lowest BCUT2D eigenvalue weighted by Crippen LogP contribution is -2.49. The van der Waals surface area contributed by atoms with E-state index in [0.29, 0.717) is 22.9 Å². The van der Waals surface area contributed by atoms with Crippen LogP contribution in [-0.2, 0) is 4.79 Å². The Labute approximate surface area is 133 Å². The van der Waals surface area contributed by atoms with Gasteiger partial charge < -0.3 is 30.0 Å². The normalized spacial score (nSPS) is 11.4. The van der Waals surface area contributed by atoms with Crippen LogP contribution in [0.4, 0.5) is 10.5 Å². The van der Waals surface area contributed by atoms with Crippen LogP contribution < -0.4 is 25.2 Å². The van der Waals surface area contributed by atoms with Gasteiger partial charge in [0.05, 0.1) is 31.9 Å². The maximum absolute atomic E-state index is 11.9. The first kappa shape index (κ1) is 18.0. The number of carboxylic acids is 1. The van der Waals surface area contributed by atoms with Crippen molar-refractivity contribution >= 4 is 29.4 Å². The third kappa shape index (κ3) is 5.36. The summed E-state index contributed by atoms with van der Waals surface area (Å²) >= 11 is 1.49. The van der Waals surface area contributed by atoms with Crippen LogP contribution in [0.3, 0.4) is 0 Å². The van der Waals surface area contributed by atoms with Gasteiger partial charge >= 0.3 is 6.03 Å². The maximum atomic E-state index is 11.9. The molecule has 0 aliphatic carbocycles. The van der Waals surface area contributed by atoms with E-state index in [4.69, 9.17) is 9.47 Å². The Morgan fingerprint density at radius 3 is 2.59 bits per heavy atom. The van der Waals surface area contributed by atoms with Gasteiger partial charge in [-0.15, -0.1) is 0 Å². The number of thioether (sulfide) groups is 1. The second kappa shape index (κ2) is 9.04. The lowest BCUT2D eigenvalue weighted by atomic mass is 10.2. The highest BCUT2D eigenvalue weighted by Gasteiger charge is 2.15. The largest absolute Gasteiger partial charge is 0.548 e. The molecule has 0 aromatic heterocycles. The number of ether oxygens (including phenoxy) is 2. The zero-order chi connectivity index (χ0) is 16.5. The molecule has 22 heavy (non-hydrogen) atoms. The quantitative estimate of drug-likeness (QED) is 0.729. The van der Waals surface area contributed by atoms with Crippen LogP contribution in [0, 0.1) is 0 Å². The number of rotatable bonds is 8. The first-order valence-electron chi connectivity index (χ1n) is 6.51. The number of carbonyl (C=O) groups excluding carboxylic acids is 2. The molecule has 0 aliphatic rings. The third-order valence-corrected chi connectivity index (χ3v) is 3.50. The standard InChI is InChI=1S/C14H20N2O5S/c1-20-9-4-5-10(12(8-9)21-2)15-14(19)16-11(13(17)18)6-7-22-3/h4-5,8,11H,6-7H2,1-3H3,(H,17,18)(H2,15,16,19)/p-1/t11-/m0/s1. The van der Waals surface area contributed by atoms with E-state index in [1.165, 1.54) is 26.0 Å². The Balaban J connectivity index is 2.73. The van der Waals surface area contributed by atoms with Crippen molar-refractivity contribution in [2.45, 2.75) is 12.5 Å². The fourth-order valence-corrected chi connectivity index (χ4v) is 2.17. The van der Waals surface area contributed by atoms with E-state index in [-0.39, 0.29) is 6.42 Å². The monoisotopic (exact) mass is 327 g/mol. The van der Waals surface area contributed by atoms with E-state index in [0.717, 1.165) is 0 Å². The Kier molecular flexibility index (Phi) is 7.38. The van der Waals surface area contributed by atoms with Crippen LogP contribution in [0.2, 0.25) is 0 Å². The van der Waals surface area contributed by atoms with Crippen molar-refractivity contribution in [3.63, 3.8) is 0 Å². The van der Waals surface area contributed by atoms with Crippen LogP contribution in [0.25, 0.3) is 0 Å². The van der Waals surface area contributed by atoms with Gasteiger partial charge in [-0.25, -0.2) is 4.79 Å². The molecule has 122 valence electrons. The number of amides is 2. The molecular weight excluding hydrogens is 308 g/mol. The van der Waals surface area contributed by atoms with Crippen LogP contribution >= 0.6 is 11.8 Å². The molecule has 0 bridgehead atoms. The number of methoxy groups -OCH3 is 2. The second-order valence-electron chi connectivity index (χ2n) is 4.32. The maximum Gasteiger partial charge on any atom is 0.319 e. The molecule has 1 atom stereocenters. The van der Waals surface area contributed by atoms with E-state index < -0.39 is 18.0 Å². The predicted octanol–water partition coefficient (Wildman–Crippen LogP) is 0.697. The summed E-state index contributed by atoms with van der Waals surface area (Å²) in [6, 6.07) is 3.19. The highest BCUT2D eigenvalue weighted by molar-refractivity contribution is 7.98. The topological polar surface area (TPSA) is 99.7 Å². The molecule has 1 aromatic carbocycles. The molecule has 0 radical (unpaired) electrons. The number of urea groups is 1. The van der Waals surface area contributed by atoms with Crippen molar-refractivity contribution in [2.24, 2.45) is 0 Å². The number of anilines is 1. The second-order valence-corrected chi connectivity index (χ2v) is 5.30. The van der Waals surface area contributed by atoms with E-state index in [9.17, 15) is 14.7 Å². The molecule has 0 fully saturated rings. The molecule has 1 rings (SSSR count). The lowest BCUT2D eigenvalue weighted by Gasteiger charge is -2.20. The van der Waals surface area contributed by atoms with E-state index in [2.05, 4.69) is 10.6 Å². The zero-order valence-electron chi connectivity index (χ0n) is 12.7. The Morgan fingerprint density at radius 2 is 2.05 bits per heavy atom. The van der Waals surface area contributed by atoms with Crippen molar-refractivity contribution in [1.82, 2.24) is 5.32 Å². The minimum Gasteiger partial charge on any atom is -0.548 e. The number of benzene rings is 1. The van der Waals surface area contributed by atoms with Crippen molar-refractivity contribution in [2.75, 3.05) is 31.5 Å². The lowest BCUT2D eigenvalue weighted by molar-refractivity contribution is -0.308. The molecule has 0 saturated carbocycles. The van der Waals surface area contributed by atoms with E-state index >= 15 is 0 Å². The summed E-state index contributed by atoms with van der Waals surface area (Å²) in [5.74, 6) is 0.273. The van der Waals surface area contributed by atoms with Gasteiger partial charge in [0.25, 0.3) is 0 Å². The summed E-state index contributed by atoms with van der Waals surface area (Å²) in [6.07, 6.45) is 2.14. The van der Waals surface area contributed by atoms with Gasteiger partial charge in [0.2, 0.25) is 0 Å².